The Morgan fingerprint density at radius 3 is 2.11 bits per heavy atom. The van der Waals surface area contributed by atoms with E-state index in [0.717, 1.165) is 24.9 Å². The quantitative estimate of drug-likeness (QED) is 0.767. The van der Waals surface area contributed by atoms with Crippen molar-refractivity contribution in [1.29, 1.82) is 0 Å². The Morgan fingerprint density at radius 1 is 0.964 bits per heavy atom. The molecule has 0 aromatic heterocycles. The van der Waals surface area contributed by atoms with Gasteiger partial charge in [-0.3, -0.25) is 4.79 Å². The fourth-order valence-corrected chi connectivity index (χ4v) is 5.75. The number of rotatable bonds is 3. The summed E-state index contributed by atoms with van der Waals surface area (Å²) in [6, 6.07) is 7.54. The number of piperidine rings is 2. The van der Waals surface area contributed by atoms with E-state index in [0.29, 0.717) is 36.9 Å². The van der Waals surface area contributed by atoms with E-state index in [9.17, 15) is 13.2 Å². The summed E-state index contributed by atoms with van der Waals surface area (Å²) in [5, 5.41) is 0. The second-order valence-corrected chi connectivity index (χ2v) is 11.3. The van der Waals surface area contributed by atoms with Gasteiger partial charge in [0, 0.05) is 31.6 Å². The summed E-state index contributed by atoms with van der Waals surface area (Å²) in [6.07, 6.45) is 4.57. The first-order valence-electron chi connectivity index (χ1n) is 10.5. The van der Waals surface area contributed by atoms with Crippen molar-refractivity contribution >= 4 is 15.9 Å². The van der Waals surface area contributed by atoms with Crippen LogP contribution in [0.5, 0.6) is 0 Å². The zero-order valence-corrected chi connectivity index (χ0v) is 18.5. The van der Waals surface area contributed by atoms with Crippen molar-refractivity contribution in [3.8, 4) is 0 Å². The SMILES string of the molecule is CC1CCCCN1C(=O)C1CCN(S(=O)(=O)c2ccc(C(C)(C)C)cc2)CC1. The monoisotopic (exact) mass is 406 g/mol. The number of benzene rings is 1. The molecule has 1 aromatic rings. The molecule has 2 saturated heterocycles. The summed E-state index contributed by atoms with van der Waals surface area (Å²) in [7, 11) is -3.50. The summed E-state index contributed by atoms with van der Waals surface area (Å²) < 4.78 is 27.6. The van der Waals surface area contributed by atoms with Crippen molar-refractivity contribution in [1.82, 2.24) is 9.21 Å². The van der Waals surface area contributed by atoms with Gasteiger partial charge in [-0.2, -0.15) is 4.31 Å². The van der Waals surface area contributed by atoms with E-state index in [4.69, 9.17) is 0 Å². The molecule has 2 aliphatic rings. The van der Waals surface area contributed by atoms with E-state index in [-0.39, 0.29) is 17.2 Å². The average Bonchev–Trinajstić information content (AvgIpc) is 2.67. The molecule has 1 unspecified atom stereocenters. The zero-order valence-electron chi connectivity index (χ0n) is 17.6. The molecule has 0 aliphatic carbocycles. The van der Waals surface area contributed by atoms with Crippen molar-refractivity contribution in [3.05, 3.63) is 29.8 Å². The third-order valence-electron chi connectivity index (χ3n) is 6.25. The van der Waals surface area contributed by atoms with Gasteiger partial charge in [0.05, 0.1) is 4.90 Å². The van der Waals surface area contributed by atoms with E-state index in [1.54, 1.807) is 16.4 Å². The molecule has 1 aromatic carbocycles. The molecular weight excluding hydrogens is 372 g/mol. The molecule has 0 bridgehead atoms. The van der Waals surface area contributed by atoms with Crippen molar-refractivity contribution in [2.24, 2.45) is 5.92 Å². The first-order valence-corrected chi connectivity index (χ1v) is 12.0. The van der Waals surface area contributed by atoms with Crippen LogP contribution in [0.15, 0.2) is 29.2 Å². The van der Waals surface area contributed by atoms with Crippen LogP contribution in [-0.2, 0) is 20.2 Å². The maximum atomic E-state index is 13.0. The molecular formula is C22H34N2O3S. The number of hydrogen-bond acceptors (Lipinski definition) is 3. The number of sulfonamides is 1. The molecule has 0 N–H and O–H groups in total. The lowest BCUT2D eigenvalue weighted by Gasteiger charge is -2.38. The van der Waals surface area contributed by atoms with Gasteiger partial charge < -0.3 is 4.90 Å². The number of carbonyl (C=O) groups is 1. The van der Waals surface area contributed by atoms with Crippen molar-refractivity contribution < 1.29 is 13.2 Å². The van der Waals surface area contributed by atoms with E-state index < -0.39 is 10.0 Å². The van der Waals surface area contributed by atoms with Crippen molar-refractivity contribution in [2.75, 3.05) is 19.6 Å². The second-order valence-electron chi connectivity index (χ2n) is 9.33. The number of amides is 1. The maximum Gasteiger partial charge on any atom is 0.243 e. The fraction of sp³-hybridized carbons (Fsp3) is 0.682. The summed E-state index contributed by atoms with van der Waals surface area (Å²) in [5.74, 6) is 0.175. The molecule has 0 saturated carbocycles. The van der Waals surface area contributed by atoms with Gasteiger partial charge in [-0.1, -0.05) is 32.9 Å². The minimum atomic E-state index is -3.50. The molecule has 0 radical (unpaired) electrons. The fourth-order valence-electron chi connectivity index (χ4n) is 4.28. The summed E-state index contributed by atoms with van der Waals surface area (Å²) in [5.41, 5.74) is 1.11. The highest BCUT2D eigenvalue weighted by Crippen LogP contribution is 2.29. The van der Waals surface area contributed by atoms with Crippen LogP contribution in [-0.4, -0.2) is 49.2 Å². The normalized spacial score (nSPS) is 23.0. The minimum absolute atomic E-state index is 0.00735. The van der Waals surface area contributed by atoms with Crippen LogP contribution in [0.4, 0.5) is 0 Å². The first kappa shape index (κ1) is 21.3. The molecule has 5 nitrogen and oxygen atoms in total. The van der Waals surface area contributed by atoms with Crippen LogP contribution in [0.3, 0.4) is 0 Å². The number of hydrogen-bond donors (Lipinski definition) is 0. The molecule has 1 atom stereocenters. The van der Waals surface area contributed by atoms with Crippen LogP contribution >= 0.6 is 0 Å². The van der Waals surface area contributed by atoms with Crippen LogP contribution in [0.25, 0.3) is 0 Å². The Hall–Kier alpha value is -1.40. The molecule has 0 spiro atoms. The molecule has 28 heavy (non-hydrogen) atoms. The second kappa shape index (κ2) is 8.15. The van der Waals surface area contributed by atoms with Gasteiger partial charge in [-0.05, 0) is 62.1 Å². The topological polar surface area (TPSA) is 57.7 Å². The lowest BCUT2D eigenvalue weighted by molar-refractivity contribution is -0.140. The lowest BCUT2D eigenvalue weighted by Crippen LogP contribution is -2.48. The predicted molar refractivity (Wildman–Crippen MR) is 112 cm³/mol. The molecule has 2 heterocycles. The van der Waals surface area contributed by atoms with E-state index >= 15 is 0 Å². The van der Waals surface area contributed by atoms with Gasteiger partial charge in [0.15, 0.2) is 0 Å². The number of nitrogens with zero attached hydrogens (tertiary/aromatic N) is 2. The molecule has 156 valence electrons. The van der Waals surface area contributed by atoms with Crippen molar-refractivity contribution in [3.63, 3.8) is 0 Å². The summed E-state index contributed by atoms with van der Waals surface area (Å²) >= 11 is 0. The highest BCUT2D eigenvalue weighted by Gasteiger charge is 2.35. The number of carbonyl (C=O) groups excluding carboxylic acids is 1. The van der Waals surface area contributed by atoms with Crippen LogP contribution in [0.1, 0.15) is 65.4 Å². The smallest absolute Gasteiger partial charge is 0.243 e. The largest absolute Gasteiger partial charge is 0.340 e. The van der Waals surface area contributed by atoms with Gasteiger partial charge in [0.25, 0.3) is 0 Å². The van der Waals surface area contributed by atoms with Gasteiger partial charge in [-0.15, -0.1) is 0 Å². The van der Waals surface area contributed by atoms with E-state index in [1.807, 2.05) is 17.0 Å². The third-order valence-corrected chi connectivity index (χ3v) is 8.16. The van der Waals surface area contributed by atoms with Gasteiger partial charge in [0.2, 0.25) is 15.9 Å². The van der Waals surface area contributed by atoms with Crippen LogP contribution in [0, 0.1) is 5.92 Å². The predicted octanol–water partition coefficient (Wildman–Crippen LogP) is 3.79. The van der Waals surface area contributed by atoms with Gasteiger partial charge in [0.1, 0.15) is 0 Å². The zero-order chi connectivity index (χ0) is 20.5. The highest BCUT2D eigenvalue weighted by molar-refractivity contribution is 7.89. The maximum absolute atomic E-state index is 13.0. The average molecular weight is 407 g/mol. The Balaban J connectivity index is 1.64. The molecule has 2 fully saturated rings. The standard InChI is InChI=1S/C22H34N2O3S/c1-17-7-5-6-14-24(17)21(25)18-12-15-23(16-13-18)28(26,27)20-10-8-19(9-11-20)22(2,3)4/h8-11,17-18H,5-7,12-16H2,1-4H3. The van der Waals surface area contributed by atoms with Crippen molar-refractivity contribution in [2.45, 2.75) is 76.2 Å². The van der Waals surface area contributed by atoms with E-state index in [2.05, 4.69) is 27.7 Å². The van der Waals surface area contributed by atoms with Crippen LogP contribution in [0.2, 0.25) is 0 Å². The van der Waals surface area contributed by atoms with Gasteiger partial charge in [-0.25, -0.2) is 8.42 Å². The lowest BCUT2D eigenvalue weighted by atomic mass is 9.87. The van der Waals surface area contributed by atoms with Gasteiger partial charge >= 0.3 is 0 Å². The first-order chi connectivity index (χ1) is 13.1. The molecule has 1 amide bonds. The molecule has 2 aliphatic heterocycles. The highest BCUT2D eigenvalue weighted by atomic mass is 32.2. The molecule has 3 rings (SSSR count). The summed E-state index contributed by atoms with van der Waals surface area (Å²) in [6.45, 7) is 10.1. The Labute approximate surface area is 170 Å². The summed E-state index contributed by atoms with van der Waals surface area (Å²) in [4.78, 5) is 15.2. The Bertz CT molecular complexity index is 788. The Morgan fingerprint density at radius 2 is 1.57 bits per heavy atom. The molecule has 6 heteroatoms. The minimum Gasteiger partial charge on any atom is -0.340 e. The Kier molecular flexibility index (Phi) is 6.20. The number of likely N-dealkylation sites (tertiary alicyclic amines) is 1. The van der Waals surface area contributed by atoms with E-state index in [1.165, 1.54) is 6.42 Å². The van der Waals surface area contributed by atoms with Crippen LogP contribution < -0.4 is 0 Å². The third kappa shape index (κ3) is 4.43.